The summed E-state index contributed by atoms with van der Waals surface area (Å²) in [6.07, 6.45) is 0. The molecule has 0 aliphatic heterocycles. The summed E-state index contributed by atoms with van der Waals surface area (Å²) in [5, 5.41) is 0.469. The van der Waals surface area contributed by atoms with Crippen molar-refractivity contribution in [1.29, 1.82) is 0 Å². The summed E-state index contributed by atoms with van der Waals surface area (Å²) in [6, 6.07) is 18.7. The van der Waals surface area contributed by atoms with Crippen LogP contribution in [0.15, 0.2) is 76.4 Å². The number of aryl methyl sites for hydroxylation is 1. The van der Waals surface area contributed by atoms with Gasteiger partial charge in [-0.25, -0.2) is 13.4 Å². The Bertz CT molecular complexity index is 1560. The van der Waals surface area contributed by atoms with E-state index in [0.717, 1.165) is 11.1 Å². The van der Waals surface area contributed by atoms with Gasteiger partial charge in [-0.15, -0.1) is 0 Å². The zero-order valence-corrected chi connectivity index (χ0v) is 22.2. The van der Waals surface area contributed by atoms with Gasteiger partial charge in [0.1, 0.15) is 11.6 Å². The number of benzene rings is 3. The summed E-state index contributed by atoms with van der Waals surface area (Å²) in [5.41, 5.74) is 2.83. The second-order valence-electron chi connectivity index (χ2n) is 9.25. The highest BCUT2D eigenvalue weighted by atomic mass is 32.2. The van der Waals surface area contributed by atoms with E-state index in [4.69, 9.17) is 9.72 Å². The molecule has 188 valence electrons. The van der Waals surface area contributed by atoms with Crippen LogP contribution < -0.4 is 10.3 Å². The molecule has 0 bridgehead atoms. The molecule has 36 heavy (non-hydrogen) atoms. The number of fused-ring (bicyclic) bond motifs is 1. The molecule has 1 aromatic heterocycles. The van der Waals surface area contributed by atoms with Crippen molar-refractivity contribution < 1.29 is 13.2 Å². The third-order valence-electron chi connectivity index (χ3n) is 6.52. The highest BCUT2D eigenvalue weighted by Crippen LogP contribution is 2.28. The van der Waals surface area contributed by atoms with Gasteiger partial charge in [-0.3, -0.25) is 9.36 Å². The molecule has 1 unspecified atom stereocenters. The summed E-state index contributed by atoms with van der Waals surface area (Å²) in [6.45, 7) is 7.77. The summed E-state index contributed by atoms with van der Waals surface area (Å²) in [7, 11) is -0.767. The van der Waals surface area contributed by atoms with Crippen LogP contribution in [-0.4, -0.2) is 36.4 Å². The average Bonchev–Trinajstić information content (AvgIpc) is 2.88. The molecule has 0 N–H and O–H groups in total. The topological polar surface area (TPSA) is 81.5 Å². The molecule has 1 atom stereocenters. The Morgan fingerprint density at radius 1 is 0.944 bits per heavy atom. The molecule has 3 aromatic carbocycles. The Kier molecular flexibility index (Phi) is 7.02. The first-order chi connectivity index (χ1) is 17.0. The Morgan fingerprint density at radius 2 is 1.58 bits per heavy atom. The number of aromatic nitrogens is 2. The lowest BCUT2D eigenvalue weighted by atomic mass is 10.0. The van der Waals surface area contributed by atoms with Gasteiger partial charge >= 0.3 is 0 Å². The minimum absolute atomic E-state index is 0.191. The van der Waals surface area contributed by atoms with Crippen LogP contribution in [-0.2, 0) is 10.0 Å². The van der Waals surface area contributed by atoms with Crippen molar-refractivity contribution in [3.8, 4) is 11.4 Å². The predicted molar refractivity (Wildman–Crippen MR) is 143 cm³/mol. The maximum absolute atomic E-state index is 13.7. The van der Waals surface area contributed by atoms with E-state index in [1.165, 1.54) is 15.9 Å². The van der Waals surface area contributed by atoms with Crippen LogP contribution in [0.4, 0.5) is 0 Å². The molecule has 0 fully saturated rings. The SMILES string of the molecule is COc1ccc(-n2c(C(C)N(C)S(=O)(=O)c3ccc(C(C)C)cc3)nc3ccc(C)cc3c2=O)cc1. The van der Waals surface area contributed by atoms with Crippen molar-refractivity contribution in [3.05, 3.63) is 94.0 Å². The van der Waals surface area contributed by atoms with Crippen LogP contribution in [0.3, 0.4) is 0 Å². The van der Waals surface area contributed by atoms with E-state index in [1.54, 1.807) is 62.6 Å². The molecule has 0 radical (unpaired) electrons. The van der Waals surface area contributed by atoms with Gasteiger partial charge < -0.3 is 4.74 Å². The second kappa shape index (κ2) is 9.87. The molecule has 7 nitrogen and oxygen atoms in total. The lowest BCUT2D eigenvalue weighted by Crippen LogP contribution is -2.35. The maximum atomic E-state index is 13.7. The van der Waals surface area contributed by atoms with Gasteiger partial charge in [-0.2, -0.15) is 4.31 Å². The largest absolute Gasteiger partial charge is 0.497 e. The first-order valence-electron chi connectivity index (χ1n) is 11.8. The molecule has 4 rings (SSSR count). The van der Waals surface area contributed by atoms with Crippen molar-refractivity contribution in [2.75, 3.05) is 14.2 Å². The predicted octanol–water partition coefficient (Wildman–Crippen LogP) is 5.21. The number of hydrogen-bond donors (Lipinski definition) is 0. The van der Waals surface area contributed by atoms with E-state index in [0.29, 0.717) is 34.1 Å². The van der Waals surface area contributed by atoms with Crippen molar-refractivity contribution in [3.63, 3.8) is 0 Å². The Labute approximate surface area is 212 Å². The smallest absolute Gasteiger partial charge is 0.266 e. The van der Waals surface area contributed by atoms with Gasteiger partial charge in [0.25, 0.3) is 5.56 Å². The summed E-state index contributed by atoms with van der Waals surface area (Å²) in [4.78, 5) is 18.7. The monoisotopic (exact) mass is 505 g/mol. The van der Waals surface area contributed by atoms with Crippen LogP contribution in [0.25, 0.3) is 16.6 Å². The van der Waals surface area contributed by atoms with Crippen LogP contribution in [0, 0.1) is 6.92 Å². The normalized spacial score (nSPS) is 12.9. The van der Waals surface area contributed by atoms with E-state index in [2.05, 4.69) is 13.8 Å². The van der Waals surface area contributed by atoms with Crippen LogP contribution in [0.1, 0.15) is 49.7 Å². The van der Waals surface area contributed by atoms with Gasteiger partial charge in [0.05, 0.1) is 34.6 Å². The van der Waals surface area contributed by atoms with Crippen LogP contribution in [0.5, 0.6) is 5.75 Å². The molecule has 4 aromatic rings. The van der Waals surface area contributed by atoms with Crippen molar-refractivity contribution >= 4 is 20.9 Å². The first-order valence-corrected chi connectivity index (χ1v) is 13.2. The Balaban J connectivity index is 1.87. The second-order valence-corrected chi connectivity index (χ2v) is 11.2. The lowest BCUT2D eigenvalue weighted by molar-refractivity contribution is 0.379. The highest BCUT2D eigenvalue weighted by Gasteiger charge is 2.30. The first kappa shape index (κ1) is 25.6. The number of rotatable bonds is 7. The number of hydrogen-bond acceptors (Lipinski definition) is 5. The lowest BCUT2D eigenvalue weighted by Gasteiger charge is -2.26. The summed E-state index contributed by atoms with van der Waals surface area (Å²) >= 11 is 0. The fourth-order valence-electron chi connectivity index (χ4n) is 4.14. The van der Waals surface area contributed by atoms with Crippen molar-refractivity contribution in [2.24, 2.45) is 0 Å². The Hall–Kier alpha value is -3.49. The molecular formula is C28H31N3O4S. The fourth-order valence-corrected chi connectivity index (χ4v) is 5.46. The van der Waals surface area contributed by atoms with Crippen molar-refractivity contribution in [1.82, 2.24) is 13.9 Å². The molecule has 0 saturated heterocycles. The van der Waals surface area contributed by atoms with Gasteiger partial charge in [0.2, 0.25) is 10.0 Å². The van der Waals surface area contributed by atoms with Gasteiger partial charge in [0.15, 0.2) is 0 Å². The van der Waals surface area contributed by atoms with Gasteiger partial charge in [0, 0.05) is 7.05 Å². The molecule has 0 aliphatic rings. The molecule has 0 aliphatic carbocycles. The fraction of sp³-hybridized carbons (Fsp3) is 0.286. The number of methoxy groups -OCH3 is 1. The van der Waals surface area contributed by atoms with E-state index in [-0.39, 0.29) is 10.5 Å². The maximum Gasteiger partial charge on any atom is 0.266 e. The molecule has 1 heterocycles. The summed E-state index contributed by atoms with van der Waals surface area (Å²) in [5.74, 6) is 1.27. The van der Waals surface area contributed by atoms with E-state index in [1.807, 2.05) is 25.1 Å². The van der Waals surface area contributed by atoms with E-state index in [9.17, 15) is 13.2 Å². The quantitative estimate of drug-likeness (QED) is 0.345. The van der Waals surface area contributed by atoms with Crippen LogP contribution in [0.2, 0.25) is 0 Å². The summed E-state index contributed by atoms with van der Waals surface area (Å²) < 4.78 is 35.1. The highest BCUT2D eigenvalue weighted by molar-refractivity contribution is 7.89. The number of sulfonamides is 1. The molecule has 8 heteroatoms. The van der Waals surface area contributed by atoms with Gasteiger partial charge in [-0.1, -0.05) is 37.6 Å². The number of nitrogens with zero attached hydrogens (tertiary/aromatic N) is 3. The zero-order valence-electron chi connectivity index (χ0n) is 21.4. The van der Waals surface area contributed by atoms with Gasteiger partial charge in [-0.05, 0) is 73.9 Å². The third-order valence-corrected chi connectivity index (χ3v) is 8.47. The minimum atomic E-state index is -3.85. The van der Waals surface area contributed by atoms with Crippen LogP contribution >= 0.6 is 0 Å². The van der Waals surface area contributed by atoms with Crippen molar-refractivity contribution in [2.45, 2.75) is 44.6 Å². The van der Waals surface area contributed by atoms with E-state index < -0.39 is 16.1 Å². The van der Waals surface area contributed by atoms with E-state index >= 15 is 0 Å². The molecule has 0 spiro atoms. The average molecular weight is 506 g/mol. The Morgan fingerprint density at radius 3 is 2.17 bits per heavy atom. The molecule has 0 saturated carbocycles. The zero-order chi connectivity index (χ0) is 26.2. The third kappa shape index (κ3) is 4.66. The minimum Gasteiger partial charge on any atom is -0.497 e. The number of ether oxygens (including phenoxy) is 1. The standard InChI is InChI=1S/C28H31N3O4S/c1-18(2)21-8-14-24(15-9-21)36(33,34)30(5)20(4)27-29-26-16-7-19(3)17-25(26)28(32)31(27)22-10-12-23(35-6)13-11-22/h7-18,20H,1-6H3. The molecular weight excluding hydrogens is 474 g/mol. The molecule has 0 amide bonds.